The highest BCUT2D eigenvalue weighted by atomic mass is 16.5. The van der Waals surface area contributed by atoms with Crippen molar-refractivity contribution in [1.29, 1.82) is 0 Å². The first-order chi connectivity index (χ1) is 15.1. The standard InChI is InChI=1S/C23H32N2O6/c1-28-19-4-2-3-18(15-19)22(27)25-8-6-23(7-9-25)16-20(5-12-31-23)30-17-21(26)24-10-13-29-14-11-24/h2-4,15,20H,5-14,16-17H2,1H3. The van der Waals surface area contributed by atoms with E-state index in [1.165, 1.54) is 0 Å². The average Bonchev–Trinajstić information content (AvgIpc) is 2.83. The van der Waals surface area contributed by atoms with E-state index >= 15 is 0 Å². The first-order valence-corrected chi connectivity index (χ1v) is 11.1. The molecule has 3 fully saturated rings. The number of piperidine rings is 1. The smallest absolute Gasteiger partial charge is 0.253 e. The quantitative estimate of drug-likeness (QED) is 0.705. The summed E-state index contributed by atoms with van der Waals surface area (Å²) in [5, 5.41) is 0. The minimum absolute atomic E-state index is 0.0133. The Labute approximate surface area is 183 Å². The molecule has 8 heteroatoms. The maximum atomic E-state index is 12.9. The number of carbonyl (C=O) groups excluding carboxylic acids is 2. The van der Waals surface area contributed by atoms with Crippen LogP contribution in [0.5, 0.6) is 5.75 Å². The molecule has 4 rings (SSSR count). The zero-order valence-electron chi connectivity index (χ0n) is 18.2. The fourth-order valence-electron chi connectivity index (χ4n) is 4.62. The van der Waals surface area contributed by atoms with Crippen LogP contribution >= 0.6 is 0 Å². The number of hydrogen-bond acceptors (Lipinski definition) is 6. The van der Waals surface area contributed by atoms with Crippen LogP contribution in [0, 0.1) is 0 Å². The number of morpholine rings is 1. The van der Waals surface area contributed by atoms with Crippen molar-refractivity contribution < 1.29 is 28.5 Å². The molecule has 3 heterocycles. The number of amides is 2. The van der Waals surface area contributed by atoms with Crippen molar-refractivity contribution in [3.05, 3.63) is 29.8 Å². The van der Waals surface area contributed by atoms with Crippen molar-refractivity contribution in [3.8, 4) is 5.75 Å². The molecule has 0 bridgehead atoms. The lowest BCUT2D eigenvalue weighted by atomic mass is 9.83. The molecule has 170 valence electrons. The average molecular weight is 433 g/mol. The molecule has 0 radical (unpaired) electrons. The molecule has 1 unspecified atom stereocenters. The van der Waals surface area contributed by atoms with E-state index in [9.17, 15) is 9.59 Å². The summed E-state index contributed by atoms with van der Waals surface area (Å²) in [6.07, 6.45) is 3.13. The minimum Gasteiger partial charge on any atom is -0.497 e. The fraction of sp³-hybridized carbons (Fsp3) is 0.652. The third kappa shape index (κ3) is 5.37. The van der Waals surface area contributed by atoms with Crippen LogP contribution in [0.4, 0.5) is 0 Å². The van der Waals surface area contributed by atoms with Gasteiger partial charge in [0.05, 0.1) is 32.0 Å². The van der Waals surface area contributed by atoms with Gasteiger partial charge < -0.3 is 28.7 Å². The Bertz CT molecular complexity index is 771. The summed E-state index contributed by atoms with van der Waals surface area (Å²) in [6.45, 7) is 4.49. The zero-order chi connectivity index (χ0) is 21.7. The van der Waals surface area contributed by atoms with Crippen LogP contribution in [0.1, 0.15) is 36.0 Å². The van der Waals surface area contributed by atoms with Crippen LogP contribution < -0.4 is 4.74 Å². The highest BCUT2D eigenvalue weighted by Gasteiger charge is 2.41. The van der Waals surface area contributed by atoms with Crippen molar-refractivity contribution >= 4 is 11.8 Å². The molecular weight excluding hydrogens is 400 g/mol. The van der Waals surface area contributed by atoms with Gasteiger partial charge in [-0.3, -0.25) is 9.59 Å². The van der Waals surface area contributed by atoms with E-state index in [4.69, 9.17) is 18.9 Å². The van der Waals surface area contributed by atoms with E-state index in [2.05, 4.69) is 0 Å². The third-order valence-corrected chi connectivity index (χ3v) is 6.53. The van der Waals surface area contributed by atoms with Crippen LogP contribution in [0.2, 0.25) is 0 Å². The third-order valence-electron chi connectivity index (χ3n) is 6.53. The predicted octanol–water partition coefficient (Wildman–Crippen LogP) is 1.72. The molecule has 1 spiro atoms. The molecule has 1 atom stereocenters. The summed E-state index contributed by atoms with van der Waals surface area (Å²) in [4.78, 5) is 28.9. The summed E-state index contributed by atoms with van der Waals surface area (Å²) >= 11 is 0. The molecule has 3 aliphatic rings. The van der Waals surface area contributed by atoms with Gasteiger partial charge >= 0.3 is 0 Å². The SMILES string of the molecule is COc1cccc(C(=O)N2CCC3(CC2)CC(OCC(=O)N2CCOCC2)CCO3)c1. The number of likely N-dealkylation sites (tertiary alicyclic amines) is 1. The highest BCUT2D eigenvalue weighted by Crippen LogP contribution is 2.36. The Kier molecular flexibility index (Phi) is 7.09. The predicted molar refractivity (Wildman–Crippen MR) is 113 cm³/mol. The molecule has 3 saturated heterocycles. The summed E-state index contributed by atoms with van der Waals surface area (Å²) in [7, 11) is 1.60. The minimum atomic E-state index is -0.268. The molecule has 0 saturated carbocycles. The summed E-state index contributed by atoms with van der Waals surface area (Å²) in [6, 6.07) is 7.27. The second-order valence-corrected chi connectivity index (χ2v) is 8.47. The molecule has 0 aromatic heterocycles. The number of carbonyl (C=O) groups is 2. The number of benzene rings is 1. The molecule has 31 heavy (non-hydrogen) atoms. The van der Waals surface area contributed by atoms with Gasteiger partial charge in [0.1, 0.15) is 12.4 Å². The molecule has 1 aromatic carbocycles. The van der Waals surface area contributed by atoms with Gasteiger partial charge in [0.2, 0.25) is 5.91 Å². The Morgan fingerprint density at radius 2 is 1.87 bits per heavy atom. The summed E-state index contributed by atoms with van der Waals surface area (Å²) < 4.78 is 22.7. The molecule has 3 aliphatic heterocycles. The van der Waals surface area contributed by atoms with Crippen molar-refractivity contribution in [2.24, 2.45) is 0 Å². The Morgan fingerprint density at radius 3 is 2.61 bits per heavy atom. The Morgan fingerprint density at radius 1 is 1.10 bits per heavy atom. The van der Waals surface area contributed by atoms with E-state index in [-0.39, 0.29) is 30.1 Å². The van der Waals surface area contributed by atoms with Crippen molar-refractivity contribution in [2.75, 3.05) is 59.7 Å². The van der Waals surface area contributed by atoms with Gasteiger partial charge in [-0.15, -0.1) is 0 Å². The van der Waals surface area contributed by atoms with Crippen molar-refractivity contribution in [3.63, 3.8) is 0 Å². The second-order valence-electron chi connectivity index (χ2n) is 8.47. The van der Waals surface area contributed by atoms with Crippen LogP contribution in [-0.4, -0.2) is 93.0 Å². The Hall–Kier alpha value is -2.16. The van der Waals surface area contributed by atoms with Gasteiger partial charge in [-0.2, -0.15) is 0 Å². The number of methoxy groups -OCH3 is 1. The molecular formula is C23H32N2O6. The van der Waals surface area contributed by atoms with Gasteiger partial charge in [0, 0.05) is 44.8 Å². The maximum Gasteiger partial charge on any atom is 0.253 e. The molecule has 0 N–H and O–H groups in total. The lowest BCUT2D eigenvalue weighted by Gasteiger charge is -2.46. The molecule has 1 aromatic rings. The number of rotatable bonds is 5. The van der Waals surface area contributed by atoms with Crippen molar-refractivity contribution in [1.82, 2.24) is 9.80 Å². The molecule has 8 nitrogen and oxygen atoms in total. The van der Waals surface area contributed by atoms with Gasteiger partial charge in [0.25, 0.3) is 5.91 Å². The first kappa shape index (κ1) is 22.0. The van der Waals surface area contributed by atoms with Gasteiger partial charge in [-0.05, 0) is 37.5 Å². The van der Waals surface area contributed by atoms with Gasteiger partial charge in [-0.1, -0.05) is 6.07 Å². The lowest BCUT2D eigenvalue weighted by molar-refractivity contribution is -0.163. The monoisotopic (exact) mass is 432 g/mol. The Balaban J connectivity index is 1.27. The number of hydrogen-bond donors (Lipinski definition) is 0. The zero-order valence-corrected chi connectivity index (χ0v) is 18.2. The number of ether oxygens (including phenoxy) is 4. The fourth-order valence-corrected chi connectivity index (χ4v) is 4.62. The molecule has 0 aliphatic carbocycles. The van der Waals surface area contributed by atoms with E-state index in [1.54, 1.807) is 18.1 Å². The lowest BCUT2D eigenvalue weighted by Crippen LogP contribution is -2.52. The second kappa shape index (κ2) is 9.97. The summed E-state index contributed by atoms with van der Waals surface area (Å²) in [5.74, 6) is 0.734. The topological polar surface area (TPSA) is 77.5 Å². The first-order valence-electron chi connectivity index (χ1n) is 11.1. The summed E-state index contributed by atoms with van der Waals surface area (Å²) in [5.41, 5.74) is 0.374. The molecule has 2 amide bonds. The largest absolute Gasteiger partial charge is 0.497 e. The highest BCUT2D eigenvalue weighted by molar-refractivity contribution is 5.94. The van der Waals surface area contributed by atoms with Crippen molar-refractivity contribution in [2.45, 2.75) is 37.4 Å². The normalized spacial score (nSPS) is 23.6. The van der Waals surface area contributed by atoms with Gasteiger partial charge in [-0.25, -0.2) is 0 Å². The number of nitrogens with zero attached hydrogens (tertiary/aromatic N) is 2. The van der Waals surface area contributed by atoms with E-state index in [1.807, 2.05) is 23.1 Å². The van der Waals surface area contributed by atoms with Crippen LogP contribution in [-0.2, 0) is 19.0 Å². The van der Waals surface area contributed by atoms with Crippen LogP contribution in [0.25, 0.3) is 0 Å². The maximum absolute atomic E-state index is 12.9. The van der Waals surface area contributed by atoms with Crippen LogP contribution in [0.15, 0.2) is 24.3 Å². The van der Waals surface area contributed by atoms with Crippen LogP contribution in [0.3, 0.4) is 0 Å². The van der Waals surface area contributed by atoms with Gasteiger partial charge in [0.15, 0.2) is 0 Å². The van der Waals surface area contributed by atoms with E-state index in [0.29, 0.717) is 57.3 Å². The van der Waals surface area contributed by atoms with E-state index < -0.39 is 0 Å². The van der Waals surface area contributed by atoms with E-state index in [0.717, 1.165) is 25.7 Å².